The summed E-state index contributed by atoms with van der Waals surface area (Å²) in [7, 11) is 0. The van der Waals surface area contributed by atoms with Gasteiger partial charge in [-0.3, -0.25) is 4.79 Å². The minimum atomic E-state index is -0.729. The van der Waals surface area contributed by atoms with E-state index in [0.717, 1.165) is 35.4 Å². The molecule has 0 aliphatic rings. The SMILES string of the molecule is Cc1ccc(-c2c(C)sc3ncnc(NCCCCCC(=O)O)c23)cc1C. The van der Waals surface area contributed by atoms with E-state index < -0.39 is 5.97 Å². The van der Waals surface area contributed by atoms with Crippen molar-refractivity contribution in [3.8, 4) is 11.1 Å². The Bertz CT molecular complexity index is 965. The van der Waals surface area contributed by atoms with Crippen LogP contribution in [0.1, 0.15) is 41.7 Å². The monoisotopic (exact) mass is 383 g/mol. The number of aryl methyl sites for hydroxylation is 3. The molecule has 2 aromatic heterocycles. The van der Waals surface area contributed by atoms with Crippen molar-refractivity contribution in [2.24, 2.45) is 0 Å². The second-order valence-electron chi connectivity index (χ2n) is 6.87. The van der Waals surface area contributed by atoms with Crippen LogP contribution in [0, 0.1) is 20.8 Å². The molecule has 1 aromatic carbocycles. The summed E-state index contributed by atoms with van der Waals surface area (Å²) in [5.74, 6) is 0.128. The highest BCUT2D eigenvalue weighted by Crippen LogP contribution is 2.40. The van der Waals surface area contributed by atoms with Crippen LogP contribution in [0.2, 0.25) is 0 Å². The Kier molecular flexibility index (Phi) is 6.06. The second-order valence-corrected chi connectivity index (χ2v) is 8.07. The lowest BCUT2D eigenvalue weighted by atomic mass is 9.99. The number of aliphatic carboxylic acids is 1. The molecule has 0 aliphatic heterocycles. The van der Waals surface area contributed by atoms with Crippen LogP contribution in [0.25, 0.3) is 21.3 Å². The molecule has 0 unspecified atom stereocenters. The highest BCUT2D eigenvalue weighted by atomic mass is 32.1. The Labute approximate surface area is 163 Å². The summed E-state index contributed by atoms with van der Waals surface area (Å²) >= 11 is 1.69. The second kappa shape index (κ2) is 8.48. The lowest BCUT2D eigenvalue weighted by molar-refractivity contribution is -0.137. The van der Waals surface area contributed by atoms with E-state index in [1.54, 1.807) is 17.7 Å². The summed E-state index contributed by atoms with van der Waals surface area (Å²) in [5.41, 5.74) is 4.95. The van der Waals surface area contributed by atoms with Gasteiger partial charge in [0.15, 0.2) is 0 Å². The van der Waals surface area contributed by atoms with Crippen LogP contribution < -0.4 is 5.32 Å². The predicted molar refractivity (Wildman–Crippen MR) is 112 cm³/mol. The maximum Gasteiger partial charge on any atom is 0.303 e. The van der Waals surface area contributed by atoms with Gasteiger partial charge in [0, 0.05) is 23.4 Å². The van der Waals surface area contributed by atoms with E-state index >= 15 is 0 Å². The van der Waals surface area contributed by atoms with Gasteiger partial charge >= 0.3 is 5.97 Å². The quantitative estimate of drug-likeness (QED) is 0.514. The molecular formula is C21H25N3O2S. The molecule has 0 fully saturated rings. The summed E-state index contributed by atoms with van der Waals surface area (Å²) in [6.07, 6.45) is 4.36. The number of anilines is 1. The number of rotatable bonds is 8. The first kappa shape index (κ1) is 19.3. The molecule has 6 heteroatoms. The summed E-state index contributed by atoms with van der Waals surface area (Å²) in [5, 5.41) is 13.2. The summed E-state index contributed by atoms with van der Waals surface area (Å²) < 4.78 is 0. The fourth-order valence-electron chi connectivity index (χ4n) is 3.21. The fourth-order valence-corrected chi connectivity index (χ4v) is 4.22. The number of hydrogen-bond acceptors (Lipinski definition) is 5. The van der Waals surface area contributed by atoms with E-state index in [1.165, 1.54) is 27.1 Å². The summed E-state index contributed by atoms with van der Waals surface area (Å²) in [6, 6.07) is 6.55. The van der Waals surface area contributed by atoms with E-state index in [2.05, 4.69) is 54.3 Å². The maximum absolute atomic E-state index is 10.6. The maximum atomic E-state index is 10.6. The third-order valence-corrected chi connectivity index (χ3v) is 5.83. The Morgan fingerprint density at radius 1 is 1.11 bits per heavy atom. The van der Waals surface area contributed by atoms with Gasteiger partial charge in [0.2, 0.25) is 0 Å². The van der Waals surface area contributed by atoms with Crippen LogP contribution in [0.4, 0.5) is 5.82 Å². The molecule has 2 heterocycles. The van der Waals surface area contributed by atoms with Crippen LogP contribution in [-0.4, -0.2) is 27.6 Å². The first-order valence-corrected chi connectivity index (χ1v) is 10.1. The number of nitrogens with one attached hydrogen (secondary N) is 1. The topological polar surface area (TPSA) is 75.1 Å². The number of aromatic nitrogens is 2. The van der Waals surface area contributed by atoms with Gasteiger partial charge in [0.25, 0.3) is 0 Å². The molecule has 3 aromatic rings. The van der Waals surface area contributed by atoms with Crippen LogP contribution in [-0.2, 0) is 4.79 Å². The first-order chi connectivity index (χ1) is 13.0. The molecule has 0 aliphatic carbocycles. The van der Waals surface area contributed by atoms with Gasteiger partial charge in [-0.15, -0.1) is 11.3 Å². The Balaban J connectivity index is 1.84. The van der Waals surface area contributed by atoms with Crippen molar-refractivity contribution in [2.45, 2.75) is 46.5 Å². The lowest BCUT2D eigenvalue weighted by Crippen LogP contribution is -2.04. The molecule has 142 valence electrons. The van der Waals surface area contributed by atoms with Crippen LogP contribution in [0.3, 0.4) is 0 Å². The smallest absolute Gasteiger partial charge is 0.303 e. The zero-order valence-corrected chi connectivity index (χ0v) is 16.8. The molecular weight excluding hydrogens is 358 g/mol. The third-order valence-electron chi connectivity index (χ3n) is 4.82. The fraction of sp³-hybridized carbons (Fsp3) is 0.381. The number of thiophene rings is 1. The molecule has 0 bridgehead atoms. The third kappa shape index (κ3) is 4.45. The van der Waals surface area contributed by atoms with Crippen LogP contribution in [0.15, 0.2) is 24.5 Å². The van der Waals surface area contributed by atoms with Crippen molar-refractivity contribution in [1.29, 1.82) is 0 Å². The predicted octanol–water partition coefficient (Wildman–Crippen LogP) is 5.34. The standard InChI is InChI=1S/C21H25N3O2S/c1-13-8-9-16(11-14(13)2)18-15(3)27-21-19(18)20(23-12-24-21)22-10-6-4-5-7-17(25)26/h8-9,11-12H,4-7,10H2,1-3H3,(H,25,26)(H,22,23,24). The molecule has 0 atom stereocenters. The van der Waals surface area contributed by atoms with Crippen molar-refractivity contribution in [1.82, 2.24) is 9.97 Å². The van der Waals surface area contributed by atoms with Gasteiger partial charge in [-0.05, 0) is 50.3 Å². The van der Waals surface area contributed by atoms with Gasteiger partial charge in [-0.25, -0.2) is 9.97 Å². The number of unbranched alkanes of at least 4 members (excludes halogenated alkanes) is 2. The average molecular weight is 384 g/mol. The van der Waals surface area contributed by atoms with Crippen LogP contribution in [0.5, 0.6) is 0 Å². The van der Waals surface area contributed by atoms with E-state index in [0.29, 0.717) is 6.42 Å². The number of carboxylic acid groups (broad SMARTS) is 1. The highest BCUT2D eigenvalue weighted by Gasteiger charge is 2.17. The first-order valence-electron chi connectivity index (χ1n) is 9.24. The average Bonchev–Trinajstić information content (AvgIpc) is 2.96. The number of carbonyl (C=O) groups is 1. The van der Waals surface area contributed by atoms with Crippen molar-refractivity contribution in [3.05, 3.63) is 40.5 Å². The highest BCUT2D eigenvalue weighted by molar-refractivity contribution is 7.19. The molecule has 0 saturated carbocycles. The van der Waals surface area contributed by atoms with Crippen LogP contribution >= 0.6 is 11.3 Å². The van der Waals surface area contributed by atoms with Crippen molar-refractivity contribution < 1.29 is 9.90 Å². The zero-order chi connectivity index (χ0) is 19.4. The Morgan fingerprint density at radius 2 is 1.93 bits per heavy atom. The van der Waals surface area contributed by atoms with Crippen molar-refractivity contribution >= 4 is 33.3 Å². The van der Waals surface area contributed by atoms with E-state index in [-0.39, 0.29) is 6.42 Å². The normalized spacial score (nSPS) is 11.1. The number of benzene rings is 1. The minimum Gasteiger partial charge on any atom is -0.481 e. The van der Waals surface area contributed by atoms with Gasteiger partial charge in [0.05, 0.1) is 5.39 Å². The molecule has 0 radical (unpaired) electrons. The number of fused-ring (bicyclic) bond motifs is 1. The molecule has 3 rings (SSSR count). The lowest BCUT2D eigenvalue weighted by Gasteiger charge is -2.10. The Hall–Kier alpha value is -2.47. The number of carboxylic acids is 1. The van der Waals surface area contributed by atoms with Gasteiger partial charge in [0.1, 0.15) is 17.0 Å². The van der Waals surface area contributed by atoms with E-state index in [1.807, 2.05) is 0 Å². The number of nitrogens with zero attached hydrogens (tertiary/aromatic N) is 2. The molecule has 27 heavy (non-hydrogen) atoms. The Morgan fingerprint density at radius 3 is 2.67 bits per heavy atom. The summed E-state index contributed by atoms with van der Waals surface area (Å²) in [6.45, 7) is 7.16. The van der Waals surface area contributed by atoms with E-state index in [4.69, 9.17) is 5.11 Å². The largest absolute Gasteiger partial charge is 0.481 e. The minimum absolute atomic E-state index is 0.235. The van der Waals surface area contributed by atoms with Gasteiger partial charge < -0.3 is 10.4 Å². The van der Waals surface area contributed by atoms with E-state index in [9.17, 15) is 4.79 Å². The number of hydrogen-bond donors (Lipinski definition) is 2. The van der Waals surface area contributed by atoms with Crippen molar-refractivity contribution in [2.75, 3.05) is 11.9 Å². The van der Waals surface area contributed by atoms with Crippen molar-refractivity contribution in [3.63, 3.8) is 0 Å². The molecule has 0 amide bonds. The summed E-state index contributed by atoms with van der Waals surface area (Å²) in [4.78, 5) is 21.8. The zero-order valence-electron chi connectivity index (χ0n) is 16.0. The molecule has 2 N–H and O–H groups in total. The van der Waals surface area contributed by atoms with Gasteiger partial charge in [-0.2, -0.15) is 0 Å². The molecule has 0 spiro atoms. The van der Waals surface area contributed by atoms with Gasteiger partial charge in [-0.1, -0.05) is 24.6 Å². The molecule has 0 saturated heterocycles. The molecule has 5 nitrogen and oxygen atoms in total.